The Morgan fingerprint density at radius 1 is 1.33 bits per heavy atom. The molecule has 0 radical (unpaired) electrons. The van der Waals surface area contributed by atoms with Gasteiger partial charge in [-0.3, -0.25) is 4.79 Å². The fraction of sp³-hybridized carbons (Fsp3) is 0.611. The molecule has 2 saturated heterocycles. The van der Waals surface area contributed by atoms with Crippen molar-refractivity contribution in [3.63, 3.8) is 0 Å². The molecule has 1 atom stereocenters. The lowest BCUT2D eigenvalue weighted by Crippen LogP contribution is -2.23. The Balaban J connectivity index is 1.50. The van der Waals surface area contributed by atoms with Gasteiger partial charge in [0.2, 0.25) is 5.91 Å². The van der Waals surface area contributed by atoms with Gasteiger partial charge in [0, 0.05) is 19.7 Å². The van der Waals surface area contributed by atoms with Crippen LogP contribution in [0.15, 0.2) is 18.2 Å². The van der Waals surface area contributed by atoms with E-state index in [1.165, 1.54) is 6.07 Å². The summed E-state index contributed by atoms with van der Waals surface area (Å²) in [6.45, 7) is 3.43. The molecule has 0 bridgehead atoms. The van der Waals surface area contributed by atoms with Crippen LogP contribution in [0.2, 0.25) is 0 Å². The summed E-state index contributed by atoms with van der Waals surface area (Å²) < 4.78 is 25.1. The third kappa shape index (κ3) is 4.45. The first-order valence-electron chi connectivity index (χ1n) is 8.76. The third-order valence-corrected chi connectivity index (χ3v) is 4.50. The largest absolute Gasteiger partial charge is 0.378 e. The SMILES string of the molecule is O=C(CCOC[C@H]1CCCO1)Nc1c(F)cccc1N1CCCC1. The van der Waals surface area contributed by atoms with Crippen LogP contribution >= 0.6 is 0 Å². The van der Waals surface area contributed by atoms with Gasteiger partial charge in [0.15, 0.2) is 0 Å². The normalized spacial score (nSPS) is 20.5. The Hall–Kier alpha value is -1.66. The van der Waals surface area contributed by atoms with E-state index in [0.29, 0.717) is 13.2 Å². The molecule has 0 aliphatic carbocycles. The van der Waals surface area contributed by atoms with Gasteiger partial charge in [0.1, 0.15) is 11.5 Å². The molecule has 24 heavy (non-hydrogen) atoms. The Kier molecular flexibility index (Phi) is 6.04. The number of carbonyl (C=O) groups excluding carboxylic acids is 1. The van der Waals surface area contributed by atoms with Gasteiger partial charge in [-0.05, 0) is 37.8 Å². The number of carbonyl (C=O) groups is 1. The molecule has 1 N–H and O–H groups in total. The second-order valence-corrected chi connectivity index (χ2v) is 6.34. The second-order valence-electron chi connectivity index (χ2n) is 6.34. The predicted molar refractivity (Wildman–Crippen MR) is 90.9 cm³/mol. The molecule has 2 heterocycles. The summed E-state index contributed by atoms with van der Waals surface area (Å²) in [4.78, 5) is 14.2. The summed E-state index contributed by atoms with van der Waals surface area (Å²) in [5.74, 6) is -0.624. The lowest BCUT2D eigenvalue weighted by atomic mass is 10.2. The van der Waals surface area contributed by atoms with Gasteiger partial charge in [-0.2, -0.15) is 0 Å². The molecule has 2 aliphatic heterocycles. The summed E-state index contributed by atoms with van der Waals surface area (Å²) in [6, 6.07) is 4.92. The van der Waals surface area contributed by atoms with Crippen LogP contribution in [0.25, 0.3) is 0 Å². The van der Waals surface area contributed by atoms with Crippen LogP contribution in [0.5, 0.6) is 0 Å². The number of nitrogens with zero attached hydrogens (tertiary/aromatic N) is 1. The topological polar surface area (TPSA) is 50.8 Å². The van der Waals surface area contributed by atoms with E-state index in [-0.39, 0.29) is 24.1 Å². The zero-order valence-electron chi connectivity index (χ0n) is 13.9. The molecule has 3 rings (SSSR count). The van der Waals surface area contributed by atoms with E-state index >= 15 is 0 Å². The van der Waals surface area contributed by atoms with Crippen molar-refractivity contribution in [1.29, 1.82) is 0 Å². The van der Waals surface area contributed by atoms with Crippen molar-refractivity contribution in [2.75, 3.05) is 43.1 Å². The van der Waals surface area contributed by atoms with E-state index in [0.717, 1.165) is 51.1 Å². The van der Waals surface area contributed by atoms with Crippen LogP contribution in [0, 0.1) is 5.82 Å². The van der Waals surface area contributed by atoms with E-state index in [4.69, 9.17) is 9.47 Å². The fourth-order valence-electron chi connectivity index (χ4n) is 3.22. The monoisotopic (exact) mass is 336 g/mol. The van der Waals surface area contributed by atoms with E-state index in [1.54, 1.807) is 6.07 Å². The Morgan fingerprint density at radius 3 is 2.92 bits per heavy atom. The van der Waals surface area contributed by atoms with Crippen LogP contribution in [-0.4, -0.2) is 44.9 Å². The highest BCUT2D eigenvalue weighted by Crippen LogP contribution is 2.31. The average molecular weight is 336 g/mol. The van der Waals surface area contributed by atoms with Crippen LogP contribution in [0.3, 0.4) is 0 Å². The highest BCUT2D eigenvalue weighted by molar-refractivity contribution is 5.94. The van der Waals surface area contributed by atoms with Crippen molar-refractivity contribution in [1.82, 2.24) is 0 Å². The first-order chi connectivity index (χ1) is 11.7. The van der Waals surface area contributed by atoms with Crippen molar-refractivity contribution in [2.24, 2.45) is 0 Å². The minimum atomic E-state index is -0.395. The lowest BCUT2D eigenvalue weighted by molar-refractivity contribution is -0.117. The van der Waals surface area contributed by atoms with E-state index in [2.05, 4.69) is 10.2 Å². The number of para-hydroxylation sites is 1. The van der Waals surface area contributed by atoms with Crippen LogP contribution in [0.1, 0.15) is 32.1 Å². The van der Waals surface area contributed by atoms with Gasteiger partial charge in [0.05, 0.1) is 31.4 Å². The molecule has 1 aromatic rings. The maximum Gasteiger partial charge on any atom is 0.226 e. The molecular formula is C18H25FN2O3. The summed E-state index contributed by atoms with van der Waals surface area (Å²) >= 11 is 0. The Labute approximate surface area is 142 Å². The lowest BCUT2D eigenvalue weighted by Gasteiger charge is -2.22. The summed E-state index contributed by atoms with van der Waals surface area (Å²) in [6.07, 6.45) is 4.64. The highest BCUT2D eigenvalue weighted by Gasteiger charge is 2.20. The van der Waals surface area contributed by atoms with Crippen molar-refractivity contribution >= 4 is 17.3 Å². The van der Waals surface area contributed by atoms with Gasteiger partial charge in [0.25, 0.3) is 0 Å². The van der Waals surface area contributed by atoms with E-state index in [1.807, 2.05) is 6.07 Å². The minimum Gasteiger partial charge on any atom is -0.378 e. The third-order valence-electron chi connectivity index (χ3n) is 4.50. The number of nitrogens with one attached hydrogen (secondary N) is 1. The minimum absolute atomic E-state index is 0.154. The molecule has 0 spiro atoms. The maximum absolute atomic E-state index is 14.2. The summed E-state index contributed by atoms with van der Waals surface area (Å²) in [7, 11) is 0. The molecule has 132 valence electrons. The van der Waals surface area contributed by atoms with Crippen molar-refractivity contribution in [3.05, 3.63) is 24.0 Å². The van der Waals surface area contributed by atoms with Gasteiger partial charge < -0.3 is 19.7 Å². The van der Waals surface area contributed by atoms with E-state index < -0.39 is 5.82 Å². The van der Waals surface area contributed by atoms with Crippen LogP contribution in [0.4, 0.5) is 15.8 Å². The number of ether oxygens (including phenoxy) is 2. The van der Waals surface area contributed by atoms with E-state index in [9.17, 15) is 9.18 Å². The molecule has 5 nitrogen and oxygen atoms in total. The predicted octanol–water partition coefficient (Wildman–Crippen LogP) is 2.95. The van der Waals surface area contributed by atoms with Gasteiger partial charge in [-0.1, -0.05) is 6.07 Å². The summed E-state index contributed by atoms with van der Waals surface area (Å²) in [5.41, 5.74) is 1.05. The number of hydrogen-bond acceptors (Lipinski definition) is 4. The van der Waals surface area contributed by atoms with Gasteiger partial charge >= 0.3 is 0 Å². The van der Waals surface area contributed by atoms with Crippen LogP contribution < -0.4 is 10.2 Å². The quantitative estimate of drug-likeness (QED) is 0.778. The van der Waals surface area contributed by atoms with Crippen LogP contribution in [-0.2, 0) is 14.3 Å². The first kappa shape index (κ1) is 17.2. The number of amides is 1. The zero-order valence-corrected chi connectivity index (χ0v) is 13.9. The summed E-state index contributed by atoms with van der Waals surface area (Å²) in [5, 5.41) is 2.72. The molecule has 0 saturated carbocycles. The first-order valence-corrected chi connectivity index (χ1v) is 8.76. The molecule has 0 aromatic heterocycles. The van der Waals surface area contributed by atoms with Crippen molar-refractivity contribution < 1.29 is 18.7 Å². The highest BCUT2D eigenvalue weighted by atomic mass is 19.1. The Morgan fingerprint density at radius 2 is 2.17 bits per heavy atom. The van der Waals surface area contributed by atoms with Gasteiger partial charge in [-0.15, -0.1) is 0 Å². The van der Waals surface area contributed by atoms with Crippen molar-refractivity contribution in [3.8, 4) is 0 Å². The molecule has 1 amide bonds. The molecule has 2 aliphatic rings. The standard InChI is InChI=1S/C18H25FN2O3/c19-15-6-3-7-16(21-9-1-2-10-21)18(15)20-17(22)8-12-23-13-14-5-4-11-24-14/h3,6-7,14H,1-2,4-5,8-13H2,(H,20,22)/t14-/m1/s1. The number of anilines is 2. The molecule has 6 heteroatoms. The number of benzene rings is 1. The smallest absolute Gasteiger partial charge is 0.226 e. The number of hydrogen-bond donors (Lipinski definition) is 1. The second kappa shape index (κ2) is 8.44. The molecule has 1 aromatic carbocycles. The number of halogens is 1. The Bertz CT molecular complexity index is 555. The maximum atomic E-state index is 14.2. The zero-order chi connectivity index (χ0) is 16.8. The van der Waals surface area contributed by atoms with Gasteiger partial charge in [-0.25, -0.2) is 4.39 Å². The average Bonchev–Trinajstić information content (AvgIpc) is 3.27. The van der Waals surface area contributed by atoms with Crippen molar-refractivity contribution in [2.45, 2.75) is 38.2 Å². The molecule has 2 fully saturated rings. The fourth-order valence-corrected chi connectivity index (χ4v) is 3.22. The molecule has 0 unspecified atom stereocenters. The number of rotatable bonds is 7. The molecular weight excluding hydrogens is 311 g/mol.